The van der Waals surface area contributed by atoms with Crippen LogP contribution in [0, 0.1) is 0 Å². The zero-order valence-electron chi connectivity index (χ0n) is 17.1. The molecule has 0 aliphatic carbocycles. The first-order valence-electron chi connectivity index (χ1n) is 10.1. The molecule has 1 aromatic heterocycles. The summed E-state index contributed by atoms with van der Waals surface area (Å²) in [7, 11) is 2.08. The second-order valence-corrected chi connectivity index (χ2v) is 9.04. The Balaban J connectivity index is 1.48. The Morgan fingerprint density at radius 1 is 1.16 bits per heavy atom. The number of aromatic nitrogens is 1. The summed E-state index contributed by atoms with van der Waals surface area (Å²) < 4.78 is 0. The van der Waals surface area contributed by atoms with Gasteiger partial charge in [-0.2, -0.15) is 0 Å². The zero-order chi connectivity index (χ0) is 21.8. The van der Waals surface area contributed by atoms with Gasteiger partial charge in [0.15, 0.2) is 5.13 Å². The summed E-state index contributed by atoms with van der Waals surface area (Å²) in [5.74, 6) is -0.521. The largest absolute Gasteiger partial charge is 0.345 e. The van der Waals surface area contributed by atoms with E-state index in [1.165, 1.54) is 16.2 Å². The van der Waals surface area contributed by atoms with E-state index in [0.29, 0.717) is 15.7 Å². The van der Waals surface area contributed by atoms with Crippen molar-refractivity contribution in [2.75, 3.05) is 18.9 Å². The maximum Gasteiger partial charge on any atom is 0.253 e. The number of halogens is 1. The average molecular weight is 455 g/mol. The number of fused-ring (bicyclic) bond motifs is 1. The summed E-state index contributed by atoms with van der Waals surface area (Å²) in [5.41, 5.74) is 2.28. The van der Waals surface area contributed by atoms with E-state index in [0.717, 1.165) is 30.8 Å². The Hall–Kier alpha value is -2.74. The Kier molecular flexibility index (Phi) is 6.65. The molecular formula is C23H23ClN4O2S. The minimum absolute atomic E-state index is 0.0877. The van der Waals surface area contributed by atoms with Crippen molar-refractivity contribution < 1.29 is 9.59 Å². The highest BCUT2D eigenvalue weighted by atomic mass is 35.5. The predicted octanol–water partition coefficient (Wildman–Crippen LogP) is 4.28. The molecule has 2 heterocycles. The van der Waals surface area contributed by atoms with E-state index >= 15 is 0 Å². The normalized spacial score (nSPS) is 14.5. The third kappa shape index (κ3) is 5.31. The van der Waals surface area contributed by atoms with Crippen molar-refractivity contribution in [2.24, 2.45) is 0 Å². The van der Waals surface area contributed by atoms with Crippen LogP contribution in [0.15, 0.2) is 54.6 Å². The number of amides is 2. The molecule has 1 unspecified atom stereocenters. The lowest BCUT2D eigenvalue weighted by Gasteiger charge is -2.20. The van der Waals surface area contributed by atoms with Crippen LogP contribution in [0.1, 0.15) is 39.0 Å². The van der Waals surface area contributed by atoms with Gasteiger partial charge < -0.3 is 15.5 Å². The van der Waals surface area contributed by atoms with E-state index in [1.54, 1.807) is 24.3 Å². The molecule has 1 atom stereocenters. The van der Waals surface area contributed by atoms with Crippen LogP contribution in [-0.2, 0) is 17.8 Å². The van der Waals surface area contributed by atoms with Gasteiger partial charge in [-0.1, -0.05) is 54.1 Å². The van der Waals surface area contributed by atoms with E-state index in [4.69, 9.17) is 11.6 Å². The Labute approximate surface area is 190 Å². The number of carbonyl (C=O) groups excluding carboxylic acids is 2. The second kappa shape index (κ2) is 9.60. The molecule has 1 aliphatic heterocycles. The van der Waals surface area contributed by atoms with Crippen LogP contribution < -0.4 is 10.6 Å². The van der Waals surface area contributed by atoms with Gasteiger partial charge in [-0.05, 0) is 24.7 Å². The minimum Gasteiger partial charge on any atom is -0.345 e. The van der Waals surface area contributed by atoms with Crippen molar-refractivity contribution in [2.45, 2.75) is 25.4 Å². The zero-order valence-corrected chi connectivity index (χ0v) is 18.7. The van der Waals surface area contributed by atoms with Crippen LogP contribution >= 0.6 is 22.9 Å². The first kappa shape index (κ1) is 21.5. The summed E-state index contributed by atoms with van der Waals surface area (Å²) in [5, 5.41) is 6.84. The maximum atomic E-state index is 12.8. The lowest BCUT2D eigenvalue weighted by molar-refractivity contribution is -0.116. The Bertz CT molecular complexity index is 1090. The fraction of sp³-hybridized carbons (Fsp3) is 0.261. The summed E-state index contributed by atoms with van der Waals surface area (Å²) in [6.07, 6.45) is 0.975. The van der Waals surface area contributed by atoms with Crippen molar-refractivity contribution in [3.63, 3.8) is 0 Å². The van der Waals surface area contributed by atoms with Gasteiger partial charge >= 0.3 is 0 Å². The van der Waals surface area contributed by atoms with Gasteiger partial charge in [-0.25, -0.2) is 4.98 Å². The number of rotatable bonds is 6. The number of hydrogen-bond donors (Lipinski definition) is 2. The quantitative estimate of drug-likeness (QED) is 0.582. The number of benzene rings is 2. The molecule has 8 heteroatoms. The number of likely N-dealkylation sites (N-methyl/N-ethyl adjacent to an activating group) is 1. The number of nitrogens with zero attached hydrogens (tertiary/aromatic N) is 2. The number of hydrogen-bond acceptors (Lipinski definition) is 5. The van der Waals surface area contributed by atoms with Gasteiger partial charge in [0.1, 0.15) is 0 Å². The van der Waals surface area contributed by atoms with Crippen LogP contribution in [0.5, 0.6) is 0 Å². The van der Waals surface area contributed by atoms with Gasteiger partial charge in [-0.3, -0.25) is 9.59 Å². The van der Waals surface area contributed by atoms with Crippen molar-refractivity contribution >= 4 is 39.9 Å². The highest BCUT2D eigenvalue weighted by Gasteiger charge is 2.23. The molecule has 0 bridgehead atoms. The van der Waals surface area contributed by atoms with Crippen molar-refractivity contribution in [1.82, 2.24) is 15.2 Å². The molecule has 6 nitrogen and oxygen atoms in total. The molecule has 4 rings (SSSR count). The molecule has 0 saturated heterocycles. The molecule has 0 radical (unpaired) electrons. The minimum atomic E-state index is -0.495. The smallest absolute Gasteiger partial charge is 0.253 e. The van der Waals surface area contributed by atoms with E-state index in [1.807, 2.05) is 30.3 Å². The average Bonchev–Trinajstić information content (AvgIpc) is 3.15. The van der Waals surface area contributed by atoms with Gasteiger partial charge in [0.2, 0.25) is 5.91 Å². The lowest BCUT2D eigenvalue weighted by Crippen LogP contribution is -2.31. The van der Waals surface area contributed by atoms with Crippen LogP contribution in [0.3, 0.4) is 0 Å². The fourth-order valence-corrected chi connectivity index (χ4v) is 4.88. The molecule has 2 N–H and O–H groups in total. The second-order valence-electron chi connectivity index (χ2n) is 7.55. The molecule has 0 saturated carbocycles. The molecule has 3 aromatic rings. The number of nitrogens with one attached hydrogen (secondary N) is 2. The lowest BCUT2D eigenvalue weighted by atomic mass is 10.0. The van der Waals surface area contributed by atoms with Crippen molar-refractivity contribution in [3.05, 3.63) is 81.3 Å². The number of carbonyl (C=O) groups is 2. The summed E-state index contributed by atoms with van der Waals surface area (Å²) >= 11 is 7.68. The monoisotopic (exact) mass is 454 g/mol. The summed E-state index contributed by atoms with van der Waals surface area (Å²) in [6.45, 7) is 1.82. The third-order valence-corrected chi connectivity index (χ3v) is 6.51. The molecular weight excluding hydrogens is 432 g/mol. The summed E-state index contributed by atoms with van der Waals surface area (Å²) in [4.78, 5) is 33.6. The van der Waals surface area contributed by atoms with Gasteiger partial charge in [0.05, 0.1) is 28.7 Å². The van der Waals surface area contributed by atoms with E-state index in [9.17, 15) is 9.59 Å². The van der Waals surface area contributed by atoms with E-state index in [-0.39, 0.29) is 18.2 Å². The topological polar surface area (TPSA) is 74.3 Å². The number of anilines is 1. The third-order valence-electron chi connectivity index (χ3n) is 5.18. The Morgan fingerprint density at radius 2 is 1.90 bits per heavy atom. The fourth-order valence-electron chi connectivity index (χ4n) is 3.55. The summed E-state index contributed by atoms with van der Waals surface area (Å²) in [6, 6.07) is 15.8. The molecule has 2 amide bonds. The SMILES string of the molecule is CN1CCc2nc(NC(=O)CC(NC(=O)c3ccccc3Cl)c3ccccc3)sc2C1. The van der Waals surface area contributed by atoms with Gasteiger partial charge in [0, 0.05) is 24.4 Å². The van der Waals surface area contributed by atoms with Crippen molar-refractivity contribution in [3.8, 4) is 0 Å². The molecule has 160 valence electrons. The first-order valence-corrected chi connectivity index (χ1v) is 11.3. The molecule has 0 spiro atoms. The van der Waals surface area contributed by atoms with Crippen molar-refractivity contribution in [1.29, 1.82) is 0 Å². The number of thiazole rings is 1. The standard InChI is InChI=1S/C23H23ClN4O2S/c1-28-12-11-18-20(14-28)31-23(26-18)27-21(29)13-19(15-7-3-2-4-8-15)25-22(30)16-9-5-6-10-17(16)24/h2-10,19H,11-14H2,1H3,(H,25,30)(H,26,27,29). The van der Waals surface area contributed by atoms with Crippen LogP contribution in [0.2, 0.25) is 5.02 Å². The van der Waals surface area contributed by atoms with Crippen LogP contribution in [-0.4, -0.2) is 35.3 Å². The Morgan fingerprint density at radius 3 is 2.68 bits per heavy atom. The molecule has 2 aromatic carbocycles. The maximum absolute atomic E-state index is 12.8. The molecule has 31 heavy (non-hydrogen) atoms. The highest BCUT2D eigenvalue weighted by molar-refractivity contribution is 7.15. The van der Waals surface area contributed by atoms with Crippen LogP contribution in [0.25, 0.3) is 0 Å². The molecule has 0 fully saturated rings. The van der Waals surface area contributed by atoms with Gasteiger partial charge in [-0.15, -0.1) is 11.3 Å². The van der Waals surface area contributed by atoms with E-state index in [2.05, 4.69) is 27.6 Å². The highest BCUT2D eigenvalue weighted by Crippen LogP contribution is 2.28. The molecule has 1 aliphatic rings. The first-order chi connectivity index (χ1) is 15.0. The van der Waals surface area contributed by atoms with E-state index < -0.39 is 6.04 Å². The predicted molar refractivity (Wildman–Crippen MR) is 123 cm³/mol. The van der Waals surface area contributed by atoms with Crippen LogP contribution in [0.4, 0.5) is 5.13 Å². The van der Waals surface area contributed by atoms with Gasteiger partial charge in [0.25, 0.3) is 5.91 Å².